The van der Waals surface area contributed by atoms with E-state index in [9.17, 15) is 17.6 Å². The lowest BCUT2D eigenvalue weighted by Crippen LogP contribution is -2.46. The summed E-state index contributed by atoms with van der Waals surface area (Å²) in [5.74, 6) is -1.41. The second-order valence-electron chi connectivity index (χ2n) is 4.43. The van der Waals surface area contributed by atoms with Crippen LogP contribution in [0, 0.1) is 5.82 Å². The number of morpholine rings is 1. The minimum Gasteiger partial charge on any atom is -0.469 e. The molecule has 1 atom stereocenters. The van der Waals surface area contributed by atoms with Gasteiger partial charge in [0.05, 0.1) is 26.2 Å². The lowest BCUT2D eigenvalue weighted by atomic mass is 10.2. The Bertz CT molecular complexity index is 622. The van der Waals surface area contributed by atoms with Crippen molar-refractivity contribution in [2.75, 3.05) is 26.8 Å². The molecule has 2 heterocycles. The summed E-state index contributed by atoms with van der Waals surface area (Å²) in [5, 5.41) is -0.622. The first-order valence-corrected chi connectivity index (χ1v) is 7.68. The van der Waals surface area contributed by atoms with E-state index >= 15 is 0 Å². The Kier molecular flexibility index (Phi) is 4.86. The molecule has 0 radical (unpaired) electrons. The van der Waals surface area contributed by atoms with Gasteiger partial charge in [0.1, 0.15) is 0 Å². The van der Waals surface area contributed by atoms with Crippen LogP contribution in [-0.2, 0) is 24.3 Å². The van der Waals surface area contributed by atoms with Gasteiger partial charge >= 0.3 is 5.97 Å². The Labute approximate surface area is 121 Å². The van der Waals surface area contributed by atoms with Crippen molar-refractivity contribution in [1.82, 2.24) is 9.29 Å². The summed E-state index contributed by atoms with van der Waals surface area (Å²) in [4.78, 5) is 14.8. The highest BCUT2D eigenvalue weighted by atomic mass is 32.2. The van der Waals surface area contributed by atoms with Crippen LogP contribution in [0.2, 0.25) is 0 Å². The van der Waals surface area contributed by atoms with E-state index < -0.39 is 32.9 Å². The summed E-state index contributed by atoms with van der Waals surface area (Å²) >= 11 is 0. The fourth-order valence-corrected chi connectivity index (χ4v) is 3.42. The fraction of sp³-hybridized carbons (Fsp3) is 0.500. The number of pyridine rings is 1. The number of nitrogens with zero attached hydrogens (tertiary/aromatic N) is 2. The molecule has 1 aliphatic heterocycles. The summed E-state index contributed by atoms with van der Waals surface area (Å²) in [6.45, 7) is 0.152. The van der Waals surface area contributed by atoms with Gasteiger partial charge in [0.2, 0.25) is 5.03 Å². The molecule has 9 heteroatoms. The molecule has 0 bridgehead atoms. The summed E-state index contributed by atoms with van der Waals surface area (Å²) in [6, 6.07) is 2.35. The van der Waals surface area contributed by atoms with E-state index in [4.69, 9.17) is 4.74 Å². The zero-order chi connectivity index (χ0) is 15.5. The van der Waals surface area contributed by atoms with E-state index in [1.165, 1.54) is 19.4 Å². The average molecular weight is 318 g/mol. The molecule has 1 unspecified atom stereocenters. The van der Waals surface area contributed by atoms with E-state index in [2.05, 4.69) is 9.72 Å². The molecule has 116 valence electrons. The average Bonchev–Trinajstić information content (AvgIpc) is 2.47. The van der Waals surface area contributed by atoms with Gasteiger partial charge in [-0.3, -0.25) is 4.79 Å². The Morgan fingerprint density at radius 1 is 1.62 bits per heavy atom. The largest absolute Gasteiger partial charge is 0.469 e. The molecule has 1 aromatic heterocycles. The molecular formula is C12H15FN2O5S. The predicted molar refractivity (Wildman–Crippen MR) is 69.3 cm³/mol. The molecule has 0 spiro atoms. The van der Waals surface area contributed by atoms with E-state index in [1.54, 1.807) is 0 Å². The van der Waals surface area contributed by atoms with Crippen LogP contribution >= 0.6 is 0 Å². The van der Waals surface area contributed by atoms with E-state index in [0.29, 0.717) is 0 Å². The summed E-state index contributed by atoms with van der Waals surface area (Å²) in [7, 11) is -2.81. The number of hydrogen-bond acceptors (Lipinski definition) is 6. The highest BCUT2D eigenvalue weighted by Crippen LogP contribution is 2.20. The minimum absolute atomic E-state index is 0.0482. The predicted octanol–water partition coefficient (Wildman–Crippen LogP) is 0.173. The normalized spacial score (nSPS) is 20.2. The summed E-state index contributed by atoms with van der Waals surface area (Å²) in [6.07, 6.45) is 0.531. The molecule has 0 N–H and O–H groups in total. The summed E-state index contributed by atoms with van der Waals surface area (Å²) < 4.78 is 49.3. The zero-order valence-corrected chi connectivity index (χ0v) is 12.2. The maximum atomic E-state index is 13.6. The standard InChI is InChI=1S/C12H15FN2O5S/c1-19-11(16)7-9-8-15(5-6-20-9)21(17,18)12-10(13)3-2-4-14-12/h2-4,9H,5-8H2,1H3. The SMILES string of the molecule is COC(=O)CC1CN(S(=O)(=O)c2ncccc2F)CCO1. The van der Waals surface area contributed by atoms with Gasteiger partial charge in [-0.1, -0.05) is 0 Å². The van der Waals surface area contributed by atoms with E-state index in [-0.39, 0.29) is 26.1 Å². The van der Waals surface area contributed by atoms with Gasteiger partial charge in [-0.05, 0) is 12.1 Å². The maximum absolute atomic E-state index is 13.6. The van der Waals surface area contributed by atoms with Crippen LogP contribution in [0.5, 0.6) is 0 Å². The number of carbonyl (C=O) groups is 1. The van der Waals surface area contributed by atoms with Gasteiger partial charge in [0.15, 0.2) is 5.82 Å². The van der Waals surface area contributed by atoms with Crippen LogP contribution in [0.3, 0.4) is 0 Å². The molecule has 2 rings (SSSR count). The molecule has 0 aromatic carbocycles. The number of esters is 1. The molecule has 1 aliphatic rings. The Morgan fingerprint density at radius 2 is 2.38 bits per heavy atom. The molecular weight excluding hydrogens is 303 g/mol. The Hall–Kier alpha value is -1.58. The van der Waals surface area contributed by atoms with Crippen LogP contribution in [0.4, 0.5) is 4.39 Å². The van der Waals surface area contributed by atoms with Gasteiger partial charge < -0.3 is 9.47 Å². The molecule has 1 aromatic rings. The molecule has 7 nitrogen and oxygen atoms in total. The topological polar surface area (TPSA) is 85.8 Å². The lowest BCUT2D eigenvalue weighted by Gasteiger charge is -2.31. The second kappa shape index (κ2) is 6.46. The third-order valence-corrected chi connectivity index (χ3v) is 4.83. The first-order valence-electron chi connectivity index (χ1n) is 6.24. The molecule has 0 aliphatic carbocycles. The quantitative estimate of drug-likeness (QED) is 0.736. The van der Waals surface area contributed by atoms with Crippen molar-refractivity contribution in [2.45, 2.75) is 17.6 Å². The third-order valence-electron chi connectivity index (χ3n) is 3.03. The third kappa shape index (κ3) is 3.55. The number of rotatable bonds is 4. The van der Waals surface area contributed by atoms with Crippen molar-refractivity contribution in [2.24, 2.45) is 0 Å². The van der Waals surface area contributed by atoms with Crippen molar-refractivity contribution in [1.29, 1.82) is 0 Å². The molecule has 0 saturated carbocycles. The number of ether oxygens (including phenoxy) is 2. The summed E-state index contributed by atoms with van der Waals surface area (Å²) in [5.41, 5.74) is 0. The van der Waals surface area contributed by atoms with Gasteiger partial charge in [0, 0.05) is 19.3 Å². The highest BCUT2D eigenvalue weighted by molar-refractivity contribution is 7.89. The smallest absolute Gasteiger partial charge is 0.308 e. The monoisotopic (exact) mass is 318 g/mol. The highest BCUT2D eigenvalue weighted by Gasteiger charge is 2.34. The first kappa shape index (κ1) is 15.8. The number of sulfonamides is 1. The minimum atomic E-state index is -4.05. The van der Waals surface area contributed by atoms with Gasteiger partial charge in [0.25, 0.3) is 10.0 Å². The Morgan fingerprint density at radius 3 is 3.05 bits per heavy atom. The number of methoxy groups -OCH3 is 1. The second-order valence-corrected chi connectivity index (χ2v) is 6.28. The molecule has 1 fully saturated rings. The first-order chi connectivity index (χ1) is 9.95. The molecule has 21 heavy (non-hydrogen) atoms. The van der Waals surface area contributed by atoms with E-state index in [0.717, 1.165) is 10.4 Å². The number of carbonyl (C=O) groups excluding carboxylic acids is 1. The van der Waals surface area contributed by atoms with Crippen molar-refractivity contribution >= 4 is 16.0 Å². The number of aromatic nitrogens is 1. The van der Waals surface area contributed by atoms with Gasteiger partial charge in [-0.25, -0.2) is 17.8 Å². The molecule has 1 saturated heterocycles. The van der Waals surface area contributed by atoms with Crippen LogP contribution < -0.4 is 0 Å². The van der Waals surface area contributed by atoms with Crippen molar-refractivity contribution in [3.8, 4) is 0 Å². The van der Waals surface area contributed by atoms with Gasteiger partial charge in [-0.15, -0.1) is 0 Å². The van der Waals surface area contributed by atoms with E-state index in [1.807, 2.05) is 0 Å². The number of halogens is 1. The van der Waals surface area contributed by atoms with Gasteiger partial charge in [-0.2, -0.15) is 4.31 Å². The molecule has 0 amide bonds. The Balaban J connectivity index is 2.17. The zero-order valence-electron chi connectivity index (χ0n) is 11.4. The van der Waals surface area contributed by atoms with Crippen LogP contribution in [-0.4, -0.2) is 56.6 Å². The lowest BCUT2D eigenvalue weighted by molar-refractivity contribution is -0.145. The van der Waals surface area contributed by atoms with Crippen LogP contribution in [0.15, 0.2) is 23.4 Å². The number of hydrogen-bond donors (Lipinski definition) is 0. The van der Waals surface area contributed by atoms with Crippen molar-refractivity contribution in [3.05, 3.63) is 24.1 Å². The maximum Gasteiger partial charge on any atom is 0.308 e. The van der Waals surface area contributed by atoms with Crippen molar-refractivity contribution < 1.29 is 27.1 Å². The van der Waals surface area contributed by atoms with Crippen LogP contribution in [0.1, 0.15) is 6.42 Å². The van der Waals surface area contributed by atoms with Crippen LogP contribution in [0.25, 0.3) is 0 Å². The fourth-order valence-electron chi connectivity index (χ4n) is 1.99. The van der Waals surface area contributed by atoms with Crippen molar-refractivity contribution in [3.63, 3.8) is 0 Å².